The van der Waals surface area contributed by atoms with Crippen molar-refractivity contribution in [3.05, 3.63) is 0 Å². The van der Waals surface area contributed by atoms with Crippen LogP contribution in [0.25, 0.3) is 0 Å². The maximum absolute atomic E-state index is 8.96. The van der Waals surface area contributed by atoms with Gasteiger partial charge in [-0.3, -0.25) is 0 Å². The molecule has 0 saturated heterocycles. The number of aliphatic hydroxyl groups excluding tert-OH is 3. The second-order valence-corrected chi connectivity index (χ2v) is 3.01. The molecule has 0 aliphatic carbocycles. The summed E-state index contributed by atoms with van der Waals surface area (Å²) in [5, 5.41) is 26.3. The highest BCUT2D eigenvalue weighted by atomic mass is 16.7. The molecule has 0 saturated carbocycles. The van der Waals surface area contributed by atoms with Gasteiger partial charge in [0, 0.05) is 6.61 Å². The van der Waals surface area contributed by atoms with Crippen LogP contribution in [0.1, 0.15) is 19.8 Å². The Morgan fingerprint density at radius 3 is 2.36 bits per heavy atom. The molecule has 0 unspecified atom stereocenters. The van der Waals surface area contributed by atoms with Crippen LogP contribution in [-0.4, -0.2) is 54.1 Å². The van der Waals surface area contributed by atoms with Crippen LogP contribution < -0.4 is 0 Å². The largest absolute Gasteiger partial charge is 0.394 e. The van der Waals surface area contributed by atoms with Gasteiger partial charge in [0.25, 0.3) is 0 Å². The molecule has 14 heavy (non-hydrogen) atoms. The summed E-state index contributed by atoms with van der Waals surface area (Å²) >= 11 is 0. The summed E-state index contributed by atoms with van der Waals surface area (Å²) in [7, 11) is 0. The summed E-state index contributed by atoms with van der Waals surface area (Å²) in [6.45, 7) is 1.92. The molecule has 86 valence electrons. The highest BCUT2D eigenvalue weighted by Crippen LogP contribution is 1.98. The maximum Gasteiger partial charge on any atom is 0.180 e. The Hall–Kier alpha value is -0.200. The Bertz CT molecular complexity index is 120. The lowest BCUT2D eigenvalue weighted by Gasteiger charge is -2.17. The first-order valence-corrected chi connectivity index (χ1v) is 4.87. The van der Waals surface area contributed by atoms with E-state index in [1.807, 2.05) is 6.92 Å². The van der Waals surface area contributed by atoms with Gasteiger partial charge in [0.05, 0.1) is 19.8 Å². The summed E-state index contributed by atoms with van der Waals surface area (Å²) < 4.78 is 10.2. The Kier molecular flexibility index (Phi) is 9.23. The molecule has 0 rings (SSSR count). The number of aliphatic hydroxyl groups is 3. The Morgan fingerprint density at radius 1 is 1.14 bits per heavy atom. The van der Waals surface area contributed by atoms with Gasteiger partial charge < -0.3 is 24.8 Å². The molecule has 0 aromatic heterocycles. The van der Waals surface area contributed by atoms with Crippen LogP contribution in [-0.2, 0) is 9.47 Å². The van der Waals surface area contributed by atoms with Crippen LogP contribution in [0.3, 0.4) is 0 Å². The molecular formula is C9H20O5. The molecule has 0 aliphatic rings. The van der Waals surface area contributed by atoms with Gasteiger partial charge in [-0.15, -0.1) is 0 Å². The van der Waals surface area contributed by atoms with Gasteiger partial charge in [-0.05, 0) is 6.42 Å². The van der Waals surface area contributed by atoms with Crippen LogP contribution in [0.5, 0.6) is 0 Å². The fraction of sp³-hybridized carbons (Fsp3) is 1.00. The maximum atomic E-state index is 8.96. The molecule has 0 aromatic rings. The summed E-state index contributed by atoms with van der Waals surface area (Å²) in [6, 6.07) is 0. The molecule has 5 heteroatoms. The lowest BCUT2D eigenvalue weighted by molar-refractivity contribution is -0.178. The second-order valence-electron chi connectivity index (χ2n) is 3.01. The zero-order valence-corrected chi connectivity index (χ0v) is 8.56. The van der Waals surface area contributed by atoms with E-state index in [-0.39, 0.29) is 19.8 Å². The highest BCUT2D eigenvalue weighted by Gasteiger charge is 2.10. The van der Waals surface area contributed by atoms with E-state index in [9.17, 15) is 0 Å². The first-order chi connectivity index (χ1) is 6.74. The quantitative estimate of drug-likeness (QED) is 0.351. The Morgan fingerprint density at radius 2 is 1.86 bits per heavy atom. The van der Waals surface area contributed by atoms with Gasteiger partial charge in [0.15, 0.2) is 6.29 Å². The van der Waals surface area contributed by atoms with Crippen molar-refractivity contribution in [2.75, 3.05) is 26.4 Å². The third-order valence-electron chi connectivity index (χ3n) is 1.64. The summed E-state index contributed by atoms with van der Waals surface area (Å²) in [4.78, 5) is 0. The molecule has 0 heterocycles. The van der Waals surface area contributed by atoms with Crippen molar-refractivity contribution in [3.63, 3.8) is 0 Å². The summed E-state index contributed by atoms with van der Waals surface area (Å²) in [5.41, 5.74) is 0. The normalized spacial score (nSPS) is 15.4. The fourth-order valence-corrected chi connectivity index (χ4v) is 0.784. The van der Waals surface area contributed by atoms with E-state index in [0.29, 0.717) is 6.61 Å². The first-order valence-electron chi connectivity index (χ1n) is 4.87. The molecular weight excluding hydrogens is 188 g/mol. The van der Waals surface area contributed by atoms with E-state index in [1.165, 1.54) is 0 Å². The molecule has 5 nitrogen and oxygen atoms in total. The first kappa shape index (κ1) is 13.8. The summed E-state index contributed by atoms with van der Waals surface area (Å²) in [5.74, 6) is 0. The van der Waals surface area contributed by atoms with Crippen molar-refractivity contribution >= 4 is 0 Å². The van der Waals surface area contributed by atoms with Gasteiger partial charge in [0.1, 0.15) is 6.10 Å². The van der Waals surface area contributed by atoms with Gasteiger partial charge in [0.2, 0.25) is 0 Å². The lowest BCUT2D eigenvalue weighted by atomic mass is 10.4. The average Bonchev–Trinajstić information content (AvgIpc) is 2.22. The van der Waals surface area contributed by atoms with E-state index < -0.39 is 12.4 Å². The van der Waals surface area contributed by atoms with E-state index in [0.717, 1.165) is 12.8 Å². The average molecular weight is 208 g/mol. The van der Waals surface area contributed by atoms with E-state index in [1.54, 1.807) is 0 Å². The third kappa shape index (κ3) is 7.23. The van der Waals surface area contributed by atoms with Crippen LogP contribution in [0.15, 0.2) is 0 Å². The molecule has 3 N–H and O–H groups in total. The van der Waals surface area contributed by atoms with Crippen LogP contribution >= 0.6 is 0 Å². The number of hydrogen-bond donors (Lipinski definition) is 3. The van der Waals surface area contributed by atoms with Crippen molar-refractivity contribution in [1.82, 2.24) is 0 Å². The zero-order valence-electron chi connectivity index (χ0n) is 8.56. The van der Waals surface area contributed by atoms with Crippen molar-refractivity contribution in [2.45, 2.75) is 32.2 Å². The fourth-order valence-electron chi connectivity index (χ4n) is 0.784. The summed E-state index contributed by atoms with van der Waals surface area (Å²) in [6.07, 6.45) is 0.293. The third-order valence-corrected chi connectivity index (χ3v) is 1.64. The van der Waals surface area contributed by atoms with Gasteiger partial charge in [-0.25, -0.2) is 0 Å². The number of unbranched alkanes of at least 4 members (excludes halogenated alkanes) is 1. The smallest absolute Gasteiger partial charge is 0.180 e. The van der Waals surface area contributed by atoms with Gasteiger partial charge in [-0.2, -0.15) is 0 Å². The van der Waals surface area contributed by atoms with E-state index in [2.05, 4.69) is 0 Å². The standard InChI is InChI=1S/C9H20O5/c1-2-3-4-13-9(6-11)14-7-8(12)5-10/h8-12H,2-7H2,1H3/t8-,9+/m0/s1. The molecule has 0 aliphatic heterocycles. The van der Waals surface area contributed by atoms with Crippen molar-refractivity contribution in [2.24, 2.45) is 0 Å². The van der Waals surface area contributed by atoms with E-state index in [4.69, 9.17) is 24.8 Å². The van der Waals surface area contributed by atoms with Crippen molar-refractivity contribution < 1.29 is 24.8 Å². The lowest BCUT2D eigenvalue weighted by Crippen LogP contribution is -2.28. The molecule has 0 radical (unpaired) electrons. The topological polar surface area (TPSA) is 79.2 Å². The minimum absolute atomic E-state index is 0.0339. The predicted octanol–water partition coefficient (Wildman–Crippen LogP) is -0.509. The molecule has 0 fully saturated rings. The number of hydrogen-bond acceptors (Lipinski definition) is 5. The molecule has 0 amide bonds. The molecule has 0 bridgehead atoms. The van der Waals surface area contributed by atoms with Crippen molar-refractivity contribution in [3.8, 4) is 0 Å². The molecule has 0 spiro atoms. The highest BCUT2D eigenvalue weighted by molar-refractivity contribution is 4.50. The van der Waals surface area contributed by atoms with E-state index >= 15 is 0 Å². The van der Waals surface area contributed by atoms with Gasteiger partial charge in [-0.1, -0.05) is 13.3 Å². The van der Waals surface area contributed by atoms with Gasteiger partial charge >= 0.3 is 0 Å². The molecule has 2 atom stereocenters. The van der Waals surface area contributed by atoms with Crippen LogP contribution in [0, 0.1) is 0 Å². The minimum Gasteiger partial charge on any atom is -0.394 e. The Labute approximate surface area is 84.3 Å². The monoisotopic (exact) mass is 208 g/mol. The second kappa shape index (κ2) is 9.36. The predicted molar refractivity (Wildman–Crippen MR) is 50.8 cm³/mol. The Balaban J connectivity index is 3.47. The number of rotatable bonds is 9. The molecule has 0 aromatic carbocycles. The van der Waals surface area contributed by atoms with Crippen molar-refractivity contribution in [1.29, 1.82) is 0 Å². The minimum atomic E-state index is -0.918. The zero-order chi connectivity index (χ0) is 10.8. The number of ether oxygens (including phenoxy) is 2. The van der Waals surface area contributed by atoms with Crippen LogP contribution in [0.4, 0.5) is 0 Å². The van der Waals surface area contributed by atoms with Crippen LogP contribution in [0.2, 0.25) is 0 Å². The SMILES string of the molecule is CCCCO[C@@H](CO)OC[C@@H](O)CO.